The van der Waals surface area contributed by atoms with Crippen LogP contribution in [0.3, 0.4) is 0 Å². The predicted molar refractivity (Wildman–Crippen MR) is 78.2 cm³/mol. The van der Waals surface area contributed by atoms with Crippen LogP contribution in [0.2, 0.25) is 0 Å². The van der Waals surface area contributed by atoms with Crippen LogP contribution in [0.1, 0.15) is 10.9 Å². The minimum Gasteiger partial charge on any atom is -0.336 e. The van der Waals surface area contributed by atoms with Gasteiger partial charge in [0.05, 0.1) is 0 Å². The maximum absolute atomic E-state index is 12.0. The third-order valence-corrected chi connectivity index (χ3v) is 4.24. The Morgan fingerprint density at radius 3 is 3.05 bits per heavy atom. The van der Waals surface area contributed by atoms with Gasteiger partial charge in [0.2, 0.25) is 0 Å². The number of nitrogens with one attached hydrogen (secondary N) is 2. The number of hydrogen-bond acceptors (Lipinski definition) is 4. The van der Waals surface area contributed by atoms with Gasteiger partial charge < -0.3 is 10.6 Å². The molecule has 2 aromatic rings. The van der Waals surface area contributed by atoms with Crippen LogP contribution in [0, 0.1) is 0 Å². The monoisotopic (exact) mass is 305 g/mol. The molecule has 7 nitrogen and oxygen atoms in total. The van der Waals surface area contributed by atoms with E-state index in [4.69, 9.17) is 0 Å². The van der Waals surface area contributed by atoms with E-state index in [2.05, 4.69) is 15.7 Å². The molecule has 0 unspecified atom stereocenters. The van der Waals surface area contributed by atoms with Crippen LogP contribution in [-0.4, -0.2) is 46.4 Å². The topological polar surface area (TPSA) is 79.3 Å². The molecule has 0 radical (unpaired) electrons. The highest BCUT2D eigenvalue weighted by atomic mass is 32.1. The van der Waals surface area contributed by atoms with Crippen LogP contribution in [0.15, 0.2) is 36.0 Å². The number of hydrogen-bond donors (Lipinski definition) is 2. The molecule has 3 rings (SSSR count). The summed E-state index contributed by atoms with van der Waals surface area (Å²) in [5.74, 6) is 0. The standard InChI is InChI=1S/C13H15N5O2S/c19-12-14-5-7-17(12)13(20)15-9-10(11-3-1-8-21-11)18-6-2-4-16-18/h1-4,6,8,10H,5,7,9H2,(H,14,19)(H,15,20)/t10-/m1/s1. The number of nitrogens with zero attached hydrogens (tertiary/aromatic N) is 3. The third-order valence-electron chi connectivity index (χ3n) is 3.26. The molecule has 1 aliphatic rings. The molecule has 0 saturated carbocycles. The molecule has 1 saturated heterocycles. The van der Waals surface area contributed by atoms with Crippen molar-refractivity contribution >= 4 is 23.4 Å². The van der Waals surface area contributed by atoms with Crippen molar-refractivity contribution in [2.24, 2.45) is 0 Å². The molecule has 110 valence electrons. The van der Waals surface area contributed by atoms with Crippen LogP contribution in [0.4, 0.5) is 9.59 Å². The van der Waals surface area contributed by atoms with Gasteiger partial charge in [0.15, 0.2) is 0 Å². The van der Waals surface area contributed by atoms with Gasteiger partial charge in [-0.2, -0.15) is 5.10 Å². The molecule has 21 heavy (non-hydrogen) atoms. The first-order valence-electron chi connectivity index (χ1n) is 6.61. The number of amides is 4. The summed E-state index contributed by atoms with van der Waals surface area (Å²) in [6, 6.07) is 5.02. The average molecular weight is 305 g/mol. The van der Waals surface area contributed by atoms with Crippen LogP contribution < -0.4 is 10.6 Å². The predicted octanol–water partition coefficient (Wildman–Crippen LogP) is 1.27. The summed E-state index contributed by atoms with van der Waals surface area (Å²) in [5, 5.41) is 11.6. The first-order chi connectivity index (χ1) is 10.3. The molecule has 1 fully saturated rings. The van der Waals surface area contributed by atoms with E-state index in [0.29, 0.717) is 19.6 Å². The summed E-state index contributed by atoms with van der Waals surface area (Å²) in [6.07, 6.45) is 3.56. The Kier molecular flexibility index (Phi) is 3.87. The van der Waals surface area contributed by atoms with E-state index in [1.807, 2.05) is 29.8 Å². The lowest BCUT2D eigenvalue weighted by Crippen LogP contribution is -2.43. The highest BCUT2D eigenvalue weighted by Gasteiger charge is 2.27. The van der Waals surface area contributed by atoms with Crippen molar-refractivity contribution in [2.45, 2.75) is 6.04 Å². The quantitative estimate of drug-likeness (QED) is 0.893. The second-order valence-electron chi connectivity index (χ2n) is 4.59. The van der Waals surface area contributed by atoms with Gasteiger partial charge in [-0.05, 0) is 17.5 Å². The highest BCUT2D eigenvalue weighted by molar-refractivity contribution is 7.10. The Morgan fingerprint density at radius 1 is 1.52 bits per heavy atom. The number of rotatable bonds is 4. The van der Waals surface area contributed by atoms with Gasteiger partial charge in [-0.3, -0.25) is 4.68 Å². The van der Waals surface area contributed by atoms with Crippen molar-refractivity contribution in [1.29, 1.82) is 0 Å². The molecule has 2 N–H and O–H groups in total. The average Bonchev–Trinajstić information content (AvgIpc) is 3.21. The van der Waals surface area contributed by atoms with Crippen molar-refractivity contribution in [3.63, 3.8) is 0 Å². The maximum Gasteiger partial charge on any atom is 0.325 e. The summed E-state index contributed by atoms with van der Waals surface area (Å²) >= 11 is 1.61. The minimum atomic E-state index is -0.376. The summed E-state index contributed by atoms with van der Waals surface area (Å²) in [4.78, 5) is 25.8. The van der Waals surface area contributed by atoms with Crippen molar-refractivity contribution < 1.29 is 9.59 Å². The van der Waals surface area contributed by atoms with Gasteiger partial charge >= 0.3 is 12.1 Å². The number of aromatic nitrogens is 2. The largest absolute Gasteiger partial charge is 0.336 e. The number of thiophene rings is 1. The minimum absolute atomic E-state index is 0.0744. The number of urea groups is 2. The Bertz CT molecular complexity index is 576. The maximum atomic E-state index is 12.0. The lowest BCUT2D eigenvalue weighted by Gasteiger charge is -2.19. The fourth-order valence-electron chi connectivity index (χ4n) is 2.22. The van der Waals surface area contributed by atoms with Gasteiger partial charge in [0.1, 0.15) is 6.04 Å². The van der Waals surface area contributed by atoms with Gasteiger partial charge in [-0.15, -0.1) is 11.3 Å². The van der Waals surface area contributed by atoms with Crippen molar-refractivity contribution in [3.05, 3.63) is 40.8 Å². The molecule has 1 atom stereocenters. The second kappa shape index (κ2) is 5.96. The van der Waals surface area contributed by atoms with Crippen LogP contribution in [-0.2, 0) is 0 Å². The Morgan fingerprint density at radius 2 is 2.43 bits per heavy atom. The summed E-state index contributed by atoms with van der Waals surface area (Å²) in [7, 11) is 0. The van der Waals surface area contributed by atoms with Gasteiger partial charge in [0, 0.05) is 36.9 Å². The van der Waals surface area contributed by atoms with Gasteiger partial charge in [-0.25, -0.2) is 14.5 Å². The molecule has 8 heteroatoms. The number of imide groups is 1. The Labute approximate surface area is 125 Å². The molecule has 0 aromatic carbocycles. The molecule has 0 spiro atoms. The van der Waals surface area contributed by atoms with Crippen molar-refractivity contribution in [1.82, 2.24) is 25.3 Å². The van der Waals surface area contributed by atoms with E-state index in [-0.39, 0.29) is 18.1 Å². The third kappa shape index (κ3) is 2.89. The zero-order chi connectivity index (χ0) is 14.7. The van der Waals surface area contributed by atoms with Gasteiger partial charge in [-0.1, -0.05) is 6.07 Å². The lowest BCUT2D eigenvalue weighted by molar-refractivity contribution is 0.198. The molecule has 3 heterocycles. The van der Waals surface area contributed by atoms with E-state index >= 15 is 0 Å². The van der Waals surface area contributed by atoms with Crippen LogP contribution in [0.5, 0.6) is 0 Å². The van der Waals surface area contributed by atoms with E-state index in [1.54, 1.807) is 22.2 Å². The lowest BCUT2D eigenvalue weighted by atomic mass is 10.2. The number of carbonyl (C=O) groups is 2. The van der Waals surface area contributed by atoms with Crippen LogP contribution >= 0.6 is 11.3 Å². The normalized spacial score (nSPS) is 15.8. The number of carbonyl (C=O) groups excluding carboxylic acids is 2. The van der Waals surface area contributed by atoms with E-state index in [0.717, 1.165) is 4.88 Å². The summed E-state index contributed by atoms with van der Waals surface area (Å²) in [5.41, 5.74) is 0. The molecular formula is C13H15N5O2S. The second-order valence-corrected chi connectivity index (χ2v) is 5.57. The SMILES string of the molecule is O=C1NCCN1C(=O)NC[C@H](c1cccs1)n1cccn1. The smallest absolute Gasteiger partial charge is 0.325 e. The first-order valence-corrected chi connectivity index (χ1v) is 7.49. The molecule has 4 amide bonds. The molecule has 0 bridgehead atoms. The zero-order valence-electron chi connectivity index (χ0n) is 11.2. The summed E-state index contributed by atoms with van der Waals surface area (Å²) in [6.45, 7) is 1.28. The fourth-order valence-corrected chi connectivity index (χ4v) is 3.03. The molecular weight excluding hydrogens is 290 g/mol. The van der Waals surface area contributed by atoms with E-state index in [1.165, 1.54) is 4.90 Å². The fraction of sp³-hybridized carbons (Fsp3) is 0.308. The van der Waals surface area contributed by atoms with E-state index in [9.17, 15) is 9.59 Å². The Balaban J connectivity index is 1.68. The van der Waals surface area contributed by atoms with Gasteiger partial charge in [0.25, 0.3) is 0 Å². The van der Waals surface area contributed by atoms with E-state index < -0.39 is 0 Å². The van der Waals surface area contributed by atoms with Crippen LogP contribution in [0.25, 0.3) is 0 Å². The summed E-state index contributed by atoms with van der Waals surface area (Å²) < 4.78 is 1.80. The molecule has 1 aliphatic heterocycles. The highest BCUT2D eigenvalue weighted by Crippen LogP contribution is 2.21. The first kappa shape index (κ1) is 13.6. The zero-order valence-corrected chi connectivity index (χ0v) is 12.0. The van der Waals surface area contributed by atoms with Crippen molar-refractivity contribution in [3.8, 4) is 0 Å². The molecule has 0 aliphatic carbocycles. The van der Waals surface area contributed by atoms with Crippen molar-refractivity contribution in [2.75, 3.05) is 19.6 Å². The Hall–Kier alpha value is -2.35. The molecule has 2 aromatic heterocycles.